The number of rotatable bonds is 3. The van der Waals surface area contributed by atoms with Gasteiger partial charge in [0, 0.05) is 42.5 Å². The van der Waals surface area contributed by atoms with Crippen molar-refractivity contribution in [2.45, 2.75) is 19.9 Å². The standard InChI is InChI=1S/C21H21N3O2S/c1-14-16(21(26)24-11-8-19-15(13-24)9-12-27-19)5-3-6-17(14)22-20(25)18-7-4-10-23(18)2/h3-7,9-10,12H,8,11,13H2,1-2H3,(H,22,25). The minimum absolute atomic E-state index is 0.0133. The Balaban J connectivity index is 1.56. The molecule has 0 fully saturated rings. The summed E-state index contributed by atoms with van der Waals surface area (Å²) in [5.74, 6) is -0.171. The molecule has 3 heterocycles. The van der Waals surface area contributed by atoms with Crippen molar-refractivity contribution < 1.29 is 9.59 Å². The first-order chi connectivity index (χ1) is 13.0. The van der Waals surface area contributed by atoms with Crippen molar-refractivity contribution in [3.05, 3.63) is 75.2 Å². The Morgan fingerprint density at radius 2 is 2.00 bits per heavy atom. The number of nitrogens with zero attached hydrogens (tertiary/aromatic N) is 2. The molecule has 1 aromatic carbocycles. The molecule has 0 atom stereocenters. The molecule has 138 valence electrons. The van der Waals surface area contributed by atoms with E-state index in [1.807, 2.05) is 49.3 Å². The lowest BCUT2D eigenvalue weighted by atomic mass is 10.0. The number of carbonyl (C=O) groups is 2. The van der Waals surface area contributed by atoms with Crippen LogP contribution in [-0.2, 0) is 20.0 Å². The van der Waals surface area contributed by atoms with Gasteiger partial charge in [-0.05, 0) is 60.2 Å². The fraction of sp³-hybridized carbons (Fsp3) is 0.238. The number of hydrogen-bond donors (Lipinski definition) is 1. The number of aromatic nitrogens is 1. The zero-order valence-corrected chi connectivity index (χ0v) is 16.2. The summed E-state index contributed by atoms with van der Waals surface area (Å²) in [7, 11) is 1.83. The largest absolute Gasteiger partial charge is 0.347 e. The molecular formula is C21H21N3O2S. The van der Waals surface area contributed by atoms with Gasteiger partial charge in [-0.15, -0.1) is 11.3 Å². The van der Waals surface area contributed by atoms with Crippen molar-refractivity contribution in [3.63, 3.8) is 0 Å². The van der Waals surface area contributed by atoms with Gasteiger partial charge in [0.05, 0.1) is 0 Å². The summed E-state index contributed by atoms with van der Waals surface area (Å²) in [5.41, 5.74) is 3.91. The molecule has 2 aromatic heterocycles. The number of anilines is 1. The highest BCUT2D eigenvalue weighted by Gasteiger charge is 2.24. The Morgan fingerprint density at radius 3 is 2.78 bits per heavy atom. The van der Waals surface area contributed by atoms with Gasteiger partial charge in [0.2, 0.25) is 0 Å². The van der Waals surface area contributed by atoms with Gasteiger partial charge in [-0.25, -0.2) is 0 Å². The smallest absolute Gasteiger partial charge is 0.272 e. The number of benzene rings is 1. The second-order valence-electron chi connectivity index (χ2n) is 6.78. The van der Waals surface area contributed by atoms with E-state index < -0.39 is 0 Å². The minimum atomic E-state index is -0.184. The number of amides is 2. The van der Waals surface area contributed by atoms with E-state index in [9.17, 15) is 9.59 Å². The summed E-state index contributed by atoms with van der Waals surface area (Å²) in [5, 5.41) is 5.02. The summed E-state index contributed by atoms with van der Waals surface area (Å²) in [6.07, 6.45) is 2.73. The molecule has 4 rings (SSSR count). The molecule has 1 aliphatic rings. The third-order valence-corrected chi connectivity index (χ3v) is 6.11. The molecule has 0 saturated heterocycles. The van der Waals surface area contributed by atoms with Gasteiger partial charge >= 0.3 is 0 Å². The van der Waals surface area contributed by atoms with Crippen LogP contribution in [0.15, 0.2) is 48.0 Å². The average molecular weight is 379 g/mol. The maximum Gasteiger partial charge on any atom is 0.272 e. The molecule has 0 aliphatic carbocycles. The molecule has 27 heavy (non-hydrogen) atoms. The van der Waals surface area contributed by atoms with Crippen LogP contribution in [0.2, 0.25) is 0 Å². The molecule has 2 amide bonds. The molecule has 0 bridgehead atoms. The summed E-state index contributed by atoms with van der Waals surface area (Å²) in [6.45, 7) is 3.26. The summed E-state index contributed by atoms with van der Waals surface area (Å²) in [4.78, 5) is 28.9. The van der Waals surface area contributed by atoms with Crippen LogP contribution in [0.3, 0.4) is 0 Å². The number of carbonyl (C=O) groups excluding carboxylic acids is 2. The first-order valence-electron chi connectivity index (χ1n) is 8.91. The first-order valence-corrected chi connectivity index (χ1v) is 9.79. The minimum Gasteiger partial charge on any atom is -0.347 e. The highest BCUT2D eigenvalue weighted by molar-refractivity contribution is 7.10. The van der Waals surface area contributed by atoms with E-state index in [0.29, 0.717) is 23.5 Å². The van der Waals surface area contributed by atoms with Crippen LogP contribution in [0.1, 0.15) is 36.9 Å². The van der Waals surface area contributed by atoms with Gasteiger partial charge in [0.1, 0.15) is 5.69 Å². The average Bonchev–Trinajstić information content (AvgIpc) is 3.30. The quantitative estimate of drug-likeness (QED) is 0.752. The number of fused-ring (bicyclic) bond motifs is 1. The number of hydrogen-bond acceptors (Lipinski definition) is 3. The highest BCUT2D eigenvalue weighted by Crippen LogP contribution is 2.27. The topological polar surface area (TPSA) is 54.3 Å². The van der Waals surface area contributed by atoms with Gasteiger partial charge < -0.3 is 14.8 Å². The van der Waals surface area contributed by atoms with E-state index in [0.717, 1.165) is 18.5 Å². The highest BCUT2D eigenvalue weighted by atomic mass is 32.1. The summed E-state index contributed by atoms with van der Waals surface area (Å²) in [6, 6.07) is 11.2. The van der Waals surface area contributed by atoms with E-state index >= 15 is 0 Å². The molecule has 0 spiro atoms. The van der Waals surface area contributed by atoms with E-state index in [4.69, 9.17) is 0 Å². The molecule has 0 radical (unpaired) electrons. The van der Waals surface area contributed by atoms with Crippen molar-refractivity contribution in [1.29, 1.82) is 0 Å². The lowest BCUT2D eigenvalue weighted by Crippen LogP contribution is -2.35. The monoisotopic (exact) mass is 379 g/mol. The Hall–Kier alpha value is -2.86. The van der Waals surface area contributed by atoms with Crippen molar-refractivity contribution in [1.82, 2.24) is 9.47 Å². The summed E-state index contributed by atoms with van der Waals surface area (Å²) >= 11 is 1.76. The van der Waals surface area contributed by atoms with Gasteiger partial charge in [-0.2, -0.15) is 0 Å². The van der Waals surface area contributed by atoms with Crippen LogP contribution in [-0.4, -0.2) is 27.8 Å². The molecule has 5 nitrogen and oxygen atoms in total. The van der Waals surface area contributed by atoms with E-state index in [1.54, 1.807) is 22.0 Å². The molecular weight excluding hydrogens is 358 g/mol. The van der Waals surface area contributed by atoms with Crippen molar-refractivity contribution >= 4 is 28.8 Å². The van der Waals surface area contributed by atoms with Crippen molar-refractivity contribution in [2.24, 2.45) is 7.05 Å². The number of nitrogens with one attached hydrogen (secondary N) is 1. The molecule has 0 saturated carbocycles. The van der Waals surface area contributed by atoms with Gasteiger partial charge in [0.25, 0.3) is 11.8 Å². The first kappa shape index (κ1) is 17.5. The summed E-state index contributed by atoms with van der Waals surface area (Å²) < 4.78 is 1.77. The zero-order chi connectivity index (χ0) is 19.0. The molecule has 0 unspecified atom stereocenters. The van der Waals surface area contributed by atoms with Crippen molar-refractivity contribution in [2.75, 3.05) is 11.9 Å². The number of thiophene rings is 1. The van der Waals surface area contributed by atoms with Crippen LogP contribution in [0.4, 0.5) is 5.69 Å². The van der Waals surface area contributed by atoms with E-state index in [1.165, 1.54) is 10.4 Å². The maximum absolute atomic E-state index is 13.1. The lowest BCUT2D eigenvalue weighted by Gasteiger charge is -2.28. The van der Waals surface area contributed by atoms with Crippen LogP contribution < -0.4 is 5.32 Å². The Kier molecular flexibility index (Phi) is 4.58. The van der Waals surface area contributed by atoms with Crippen LogP contribution >= 0.6 is 11.3 Å². The normalized spacial score (nSPS) is 13.3. The van der Waals surface area contributed by atoms with E-state index in [2.05, 4.69) is 16.8 Å². The third-order valence-electron chi connectivity index (χ3n) is 5.08. The molecule has 3 aromatic rings. The lowest BCUT2D eigenvalue weighted by molar-refractivity contribution is 0.0735. The van der Waals surface area contributed by atoms with Gasteiger partial charge in [-0.1, -0.05) is 6.07 Å². The molecule has 1 aliphatic heterocycles. The Morgan fingerprint density at radius 1 is 1.15 bits per heavy atom. The fourth-order valence-electron chi connectivity index (χ4n) is 3.48. The number of aryl methyl sites for hydroxylation is 1. The predicted octanol–water partition coefficient (Wildman–Crippen LogP) is 3.85. The van der Waals surface area contributed by atoms with Crippen LogP contribution in [0, 0.1) is 6.92 Å². The second-order valence-corrected chi connectivity index (χ2v) is 7.78. The third kappa shape index (κ3) is 3.28. The van der Waals surface area contributed by atoms with Crippen LogP contribution in [0.5, 0.6) is 0 Å². The molecule has 1 N–H and O–H groups in total. The Bertz CT molecular complexity index is 1020. The second kappa shape index (κ2) is 7.04. The Labute approximate surface area is 162 Å². The van der Waals surface area contributed by atoms with Gasteiger partial charge in [0.15, 0.2) is 0 Å². The predicted molar refractivity (Wildman–Crippen MR) is 107 cm³/mol. The van der Waals surface area contributed by atoms with Gasteiger partial charge in [-0.3, -0.25) is 9.59 Å². The maximum atomic E-state index is 13.1. The molecule has 6 heteroatoms. The van der Waals surface area contributed by atoms with Crippen molar-refractivity contribution in [3.8, 4) is 0 Å². The van der Waals surface area contributed by atoms with E-state index in [-0.39, 0.29) is 11.8 Å². The van der Waals surface area contributed by atoms with Crippen LogP contribution in [0.25, 0.3) is 0 Å². The SMILES string of the molecule is Cc1c(NC(=O)c2cccn2C)cccc1C(=O)N1CCc2sccc2C1. The zero-order valence-electron chi connectivity index (χ0n) is 15.4. The fourth-order valence-corrected chi connectivity index (χ4v) is 4.37.